The Labute approximate surface area is 286 Å². The van der Waals surface area contributed by atoms with E-state index in [1.165, 1.54) is 11.1 Å². The Kier molecular flexibility index (Phi) is 11.3. The standard InChI is InChI=1S/C38H54N6O4/c1-3-29-13-12-28(26-30(29)4-2)27-35(36(45)44(24-8-5-9-25-44)33-14-19-39-20-15-33)41-38(47)48-42-21-17-32(18-22-42)43-23-16-31-10-6-7-11-34(31)40-37(43)46/h6-7,10-13,26,32-33,35,39H,3-5,8-9,14-25,27H2,1-2H3,(H-,40,41,46,47)/p+1. The van der Waals surface area contributed by atoms with Crippen LogP contribution >= 0.6 is 0 Å². The summed E-state index contributed by atoms with van der Waals surface area (Å²) >= 11 is 0. The Balaban J connectivity index is 1.13. The normalized spacial score (nSPS) is 21.5. The number of hydrogen-bond acceptors (Lipinski definition) is 6. The summed E-state index contributed by atoms with van der Waals surface area (Å²) in [6, 6.07) is 14.1. The van der Waals surface area contributed by atoms with Gasteiger partial charge in [-0.25, -0.2) is 14.4 Å². The summed E-state index contributed by atoms with van der Waals surface area (Å²) in [6.45, 7) is 9.60. The van der Waals surface area contributed by atoms with Gasteiger partial charge in [0.25, 0.3) is 0 Å². The van der Waals surface area contributed by atoms with Crippen LogP contribution < -0.4 is 16.0 Å². The maximum atomic E-state index is 14.8. The monoisotopic (exact) mass is 659 g/mol. The van der Waals surface area contributed by atoms with Gasteiger partial charge in [0.15, 0.2) is 6.04 Å². The lowest BCUT2D eigenvalue weighted by molar-refractivity contribution is -0.886. The summed E-state index contributed by atoms with van der Waals surface area (Å²) in [4.78, 5) is 49.3. The Hall–Kier alpha value is -3.47. The SMILES string of the molecule is CCc1ccc(CC(NC(=O)ON2CCC(N3CCc4ccccc4NC3=O)CC2)C(=O)[N+]2(C3CCNCC3)CCCCC2)cc1CC. The molecule has 0 spiro atoms. The Morgan fingerprint density at radius 3 is 2.40 bits per heavy atom. The first-order valence-corrected chi connectivity index (χ1v) is 18.5. The number of fused-ring (bicyclic) bond motifs is 1. The quantitative estimate of drug-likeness (QED) is 0.320. The number of hydroxylamine groups is 2. The fraction of sp³-hybridized carbons (Fsp3) is 0.605. The third-order valence-electron chi connectivity index (χ3n) is 11.3. The number of carbonyl (C=O) groups is 3. The highest BCUT2D eigenvalue weighted by molar-refractivity contribution is 5.91. The van der Waals surface area contributed by atoms with Crippen molar-refractivity contribution in [3.8, 4) is 0 Å². The number of piperidine rings is 3. The number of hydrogen-bond donors (Lipinski definition) is 3. The van der Waals surface area contributed by atoms with Crippen molar-refractivity contribution in [3.63, 3.8) is 0 Å². The Bertz CT molecular complexity index is 1430. The molecule has 0 saturated carbocycles. The van der Waals surface area contributed by atoms with Crippen molar-refractivity contribution in [1.82, 2.24) is 20.6 Å². The maximum absolute atomic E-state index is 14.8. The minimum Gasteiger partial charge on any atom is -0.351 e. The highest BCUT2D eigenvalue weighted by atomic mass is 16.7. The first-order valence-electron chi connectivity index (χ1n) is 18.5. The van der Waals surface area contributed by atoms with Gasteiger partial charge in [-0.2, -0.15) is 0 Å². The number of aryl methyl sites for hydroxylation is 2. The molecule has 4 amide bonds. The van der Waals surface area contributed by atoms with E-state index in [0.717, 1.165) is 94.4 Å². The molecule has 3 N–H and O–H groups in total. The summed E-state index contributed by atoms with van der Waals surface area (Å²) in [5.74, 6) is 0.128. The molecule has 260 valence electrons. The van der Waals surface area contributed by atoms with Crippen molar-refractivity contribution < 1.29 is 23.7 Å². The smallest absolute Gasteiger partial charge is 0.351 e. The van der Waals surface area contributed by atoms with E-state index in [9.17, 15) is 14.4 Å². The summed E-state index contributed by atoms with van der Waals surface area (Å²) in [7, 11) is 0. The van der Waals surface area contributed by atoms with Gasteiger partial charge in [0.05, 0.1) is 19.1 Å². The van der Waals surface area contributed by atoms with Crippen LogP contribution in [0.3, 0.4) is 0 Å². The second-order valence-electron chi connectivity index (χ2n) is 14.1. The van der Waals surface area contributed by atoms with E-state index in [-0.39, 0.29) is 24.0 Å². The zero-order chi connectivity index (χ0) is 33.5. The van der Waals surface area contributed by atoms with Crippen LogP contribution in [0.2, 0.25) is 0 Å². The number of nitrogens with one attached hydrogen (secondary N) is 3. The van der Waals surface area contributed by atoms with Gasteiger partial charge in [-0.3, -0.25) is 4.48 Å². The molecule has 0 radical (unpaired) electrons. The molecule has 2 aromatic carbocycles. The number of anilines is 1. The molecule has 0 aromatic heterocycles. The van der Waals surface area contributed by atoms with Crippen LogP contribution in [0.4, 0.5) is 15.3 Å². The zero-order valence-corrected chi connectivity index (χ0v) is 29.0. The minimum atomic E-state index is -0.678. The fourth-order valence-electron chi connectivity index (χ4n) is 8.64. The third kappa shape index (κ3) is 7.71. The molecule has 6 rings (SSSR count). The number of benzene rings is 2. The van der Waals surface area contributed by atoms with Gasteiger partial charge in [0.1, 0.15) is 0 Å². The largest absolute Gasteiger partial charge is 0.427 e. The summed E-state index contributed by atoms with van der Waals surface area (Å²) in [6.07, 6.45) is 9.18. The van der Waals surface area contributed by atoms with Gasteiger partial charge in [0, 0.05) is 63.7 Å². The topological polar surface area (TPSA) is 103 Å². The highest BCUT2D eigenvalue weighted by Gasteiger charge is 2.48. The van der Waals surface area contributed by atoms with Crippen LogP contribution in [0.15, 0.2) is 42.5 Å². The van der Waals surface area contributed by atoms with Crippen molar-refractivity contribution in [3.05, 3.63) is 64.7 Å². The molecular formula is C38H55N6O4+. The number of quaternary nitrogens is 1. The van der Waals surface area contributed by atoms with Crippen molar-refractivity contribution in [2.24, 2.45) is 0 Å². The van der Waals surface area contributed by atoms with Crippen LogP contribution in [0.1, 0.15) is 81.0 Å². The number of para-hydroxylation sites is 1. The lowest BCUT2D eigenvalue weighted by atomic mass is 9.92. The molecule has 48 heavy (non-hydrogen) atoms. The number of likely N-dealkylation sites (tertiary alicyclic amines) is 1. The highest BCUT2D eigenvalue weighted by Crippen LogP contribution is 2.31. The summed E-state index contributed by atoms with van der Waals surface area (Å²) < 4.78 is 0.466. The molecule has 10 heteroatoms. The second-order valence-corrected chi connectivity index (χ2v) is 14.1. The zero-order valence-electron chi connectivity index (χ0n) is 29.0. The van der Waals surface area contributed by atoms with Gasteiger partial charge in [-0.05, 0) is 79.7 Å². The average molecular weight is 660 g/mol. The molecule has 3 saturated heterocycles. The van der Waals surface area contributed by atoms with Gasteiger partial charge in [-0.1, -0.05) is 50.2 Å². The molecule has 3 fully saturated rings. The number of amides is 4. The third-order valence-corrected chi connectivity index (χ3v) is 11.3. The van der Waals surface area contributed by atoms with Gasteiger partial charge in [-0.15, -0.1) is 5.06 Å². The van der Waals surface area contributed by atoms with Crippen LogP contribution in [0.25, 0.3) is 0 Å². The molecule has 1 atom stereocenters. The van der Waals surface area contributed by atoms with Crippen LogP contribution in [-0.2, 0) is 35.3 Å². The van der Waals surface area contributed by atoms with Crippen molar-refractivity contribution >= 4 is 23.7 Å². The van der Waals surface area contributed by atoms with E-state index in [4.69, 9.17) is 4.84 Å². The Morgan fingerprint density at radius 2 is 1.67 bits per heavy atom. The molecule has 0 bridgehead atoms. The Morgan fingerprint density at radius 1 is 0.938 bits per heavy atom. The second kappa shape index (κ2) is 15.8. The van der Waals surface area contributed by atoms with E-state index in [1.54, 1.807) is 5.06 Å². The van der Waals surface area contributed by atoms with Crippen molar-refractivity contribution in [2.45, 2.75) is 103 Å². The molecule has 1 unspecified atom stereocenters. The molecule has 4 aliphatic heterocycles. The number of rotatable bonds is 9. The lowest BCUT2D eigenvalue weighted by Gasteiger charge is -2.47. The predicted molar refractivity (Wildman–Crippen MR) is 188 cm³/mol. The van der Waals surface area contributed by atoms with E-state index in [1.807, 2.05) is 23.1 Å². The van der Waals surface area contributed by atoms with Crippen LogP contribution in [-0.4, -0.2) is 96.4 Å². The molecule has 0 aliphatic carbocycles. The van der Waals surface area contributed by atoms with Crippen LogP contribution in [0, 0.1) is 0 Å². The predicted octanol–water partition coefficient (Wildman–Crippen LogP) is 5.20. The summed E-state index contributed by atoms with van der Waals surface area (Å²) in [5.41, 5.74) is 5.73. The molecular weight excluding hydrogens is 604 g/mol. The molecule has 4 heterocycles. The van der Waals surface area contributed by atoms with Crippen LogP contribution in [0.5, 0.6) is 0 Å². The fourth-order valence-corrected chi connectivity index (χ4v) is 8.64. The average Bonchev–Trinajstić information content (AvgIpc) is 3.30. The number of carbonyl (C=O) groups excluding carboxylic acids is 3. The van der Waals surface area contributed by atoms with Gasteiger partial charge < -0.3 is 25.7 Å². The van der Waals surface area contributed by atoms with E-state index >= 15 is 0 Å². The maximum Gasteiger partial charge on any atom is 0.427 e. The van der Waals surface area contributed by atoms with E-state index in [0.29, 0.717) is 43.4 Å². The van der Waals surface area contributed by atoms with Crippen molar-refractivity contribution in [2.75, 3.05) is 51.1 Å². The van der Waals surface area contributed by atoms with E-state index in [2.05, 4.69) is 54.1 Å². The van der Waals surface area contributed by atoms with Gasteiger partial charge in [0.2, 0.25) is 0 Å². The molecule has 4 aliphatic rings. The van der Waals surface area contributed by atoms with Gasteiger partial charge >= 0.3 is 18.0 Å². The first-order chi connectivity index (χ1) is 23.4. The molecule has 10 nitrogen and oxygen atoms in total. The van der Waals surface area contributed by atoms with Crippen molar-refractivity contribution in [1.29, 1.82) is 0 Å². The number of nitrogens with zero attached hydrogens (tertiary/aromatic N) is 3. The molecule has 2 aromatic rings. The summed E-state index contributed by atoms with van der Waals surface area (Å²) in [5, 5.41) is 11.3. The first kappa shape index (κ1) is 34.4. The van der Waals surface area contributed by atoms with E-state index < -0.39 is 12.1 Å². The minimum absolute atomic E-state index is 0.0693. The number of urea groups is 1. The lowest BCUT2D eigenvalue weighted by Crippen LogP contribution is -2.68.